The zero-order valence-corrected chi connectivity index (χ0v) is 12.2. The Morgan fingerprint density at radius 1 is 1.10 bits per heavy atom. The van der Waals surface area contributed by atoms with Crippen molar-refractivity contribution in [2.24, 2.45) is 11.8 Å². The molecule has 1 aromatic rings. The van der Waals surface area contributed by atoms with Gasteiger partial charge in [0.05, 0.1) is 6.10 Å². The zero-order chi connectivity index (χ0) is 13.5. The highest BCUT2D eigenvalue weighted by Crippen LogP contribution is 2.40. The maximum Gasteiger partial charge on any atom is 0.0583 e. The zero-order valence-electron chi connectivity index (χ0n) is 12.2. The van der Waals surface area contributed by atoms with E-state index in [-0.39, 0.29) is 6.10 Å². The summed E-state index contributed by atoms with van der Waals surface area (Å²) in [5, 5.41) is 10.1. The summed E-state index contributed by atoms with van der Waals surface area (Å²) >= 11 is 0. The minimum atomic E-state index is -0.0244. The Morgan fingerprint density at radius 2 is 2.00 bits per heavy atom. The van der Waals surface area contributed by atoms with Crippen LogP contribution in [0.2, 0.25) is 0 Å². The summed E-state index contributed by atoms with van der Waals surface area (Å²) in [5.41, 5.74) is 3.17. The van der Waals surface area contributed by atoms with E-state index in [1.165, 1.54) is 38.8 Å². The molecule has 2 fully saturated rings. The van der Waals surface area contributed by atoms with E-state index in [1.807, 2.05) is 0 Å². The maximum atomic E-state index is 10.1. The first-order valence-corrected chi connectivity index (χ1v) is 8.29. The summed E-state index contributed by atoms with van der Waals surface area (Å²) in [4.78, 5) is 2.63. The van der Waals surface area contributed by atoms with Crippen LogP contribution in [-0.4, -0.2) is 35.7 Å². The smallest absolute Gasteiger partial charge is 0.0583 e. The lowest BCUT2D eigenvalue weighted by molar-refractivity contribution is 0.123. The summed E-state index contributed by atoms with van der Waals surface area (Å²) in [6, 6.07) is 9.02. The molecule has 20 heavy (non-hydrogen) atoms. The highest BCUT2D eigenvalue weighted by molar-refractivity contribution is 5.32. The molecule has 4 atom stereocenters. The van der Waals surface area contributed by atoms with Gasteiger partial charge in [0.25, 0.3) is 0 Å². The van der Waals surface area contributed by atoms with Gasteiger partial charge in [-0.15, -0.1) is 0 Å². The van der Waals surface area contributed by atoms with Gasteiger partial charge in [0.2, 0.25) is 0 Å². The molecule has 0 radical (unpaired) electrons. The van der Waals surface area contributed by atoms with Gasteiger partial charge in [0.15, 0.2) is 0 Å². The molecule has 1 saturated heterocycles. The molecule has 1 aliphatic heterocycles. The molecule has 2 aliphatic carbocycles. The molecule has 0 aromatic heterocycles. The van der Waals surface area contributed by atoms with Crippen molar-refractivity contribution in [3.63, 3.8) is 0 Å². The Bertz CT molecular complexity index is 486. The summed E-state index contributed by atoms with van der Waals surface area (Å²) in [7, 11) is 0. The number of aliphatic hydroxyl groups is 1. The van der Waals surface area contributed by atoms with Gasteiger partial charge in [0.1, 0.15) is 0 Å². The second-order valence-corrected chi connectivity index (χ2v) is 7.08. The van der Waals surface area contributed by atoms with Gasteiger partial charge in [-0.1, -0.05) is 24.3 Å². The molecule has 0 spiro atoms. The normalized spacial score (nSPS) is 36.9. The molecular weight excluding hydrogens is 246 g/mol. The second-order valence-electron chi connectivity index (χ2n) is 7.08. The lowest BCUT2D eigenvalue weighted by Gasteiger charge is -2.29. The van der Waals surface area contributed by atoms with E-state index >= 15 is 0 Å². The van der Waals surface area contributed by atoms with Gasteiger partial charge in [0, 0.05) is 25.6 Å². The molecule has 1 heterocycles. The van der Waals surface area contributed by atoms with Crippen LogP contribution >= 0.6 is 0 Å². The van der Waals surface area contributed by atoms with Crippen molar-refractivity contribution in [2.75, 3.05) is 19.6 Å². The Balaban J connectivity index is 1.46. The fraction of sp³-hybridized carbons (Fsp3) is 0.667. The van der Waals surface area contributed by atoms with Gasteiger partial charge >= 0.3 is 0 Å². The van der Waals surface area contributed by atoms with Crippen molar-refractivity contribution in [1.82, 2.24) is 4.90 Å². The second kappa shape index (κ2) is 5.16. The van der Waals surface area contributed by atoms with E-state index in [1.54, 1.807) is 11.1 Å². The first-order valence-electron chi connectivity index (χ1n) is 8.29. The monoisotopic (exact) mass is 271 g/mol. The number of fused-ring (bicyclic) bond motifs is 2. The van der Waals surface area contributed by atoms with Crippen LogP contribution in [0.5, 0.6) is 0 Å². The van der Waals surface area contributed by atoms with E-state index < -0.39 is 0 Å². The fourth-order valence-corrected chi connectivity index (χ4v) is 4.83. The SMILES string of the molecule is OC1CCC2CN(CC3CCCc4ccccc43)CC12. The topological polar surface area (TPSA) is 23.5 Å². The van der Waals surface area contributed by atoms with E-state index in [0.29, 0.717) is 5.92 Å². The molecule has 0 amide bonds. The quantitative estimate of drug-likeness (QED) is 0.894. The number of likely N-dealkylation sites (tertiary alicyclic amines) is 1. The third-order valence-corrected chi connectivity index (χ3v) is 5.87. The summed E-state index contributed by atoms with van der Waals surface area (Å²) in [5.74, 6) is 2.05. The Hall–Kier alpha value is -0.860. The molecule has 2 nitrogen and oxygen atoms in total. The highest BCUT2D eigenvalue weighted by atomic mass is 16.3. The standard InChI is InChI=1S/C18H25NO/c20-18-9-8-15-11-19(12-17(15)18)10-14-6-3-5-13-4-1-2-7-16(13)14/h1-2,4,7,14-15,17-18,20H,3,5-6,8-12H2. The lowest BCUT2D eigenvalue weighted by atomic mass is 9.82. The van der Waals surface area contributed by atoms with E-state index in [9.17, 15) is 5.11 Å². The number of nitrogens with zero attached hydrogens (tertiary/aromatic N) is 1. The Morgan fingerprint density at radius 3 is 2.90 bits per heavy atom. The van der Waals surface area contributed by atoms with Crippen LogP contribution < -0.4 is 0 Å². The van der Waals surface area contributed by atoms with Crippen LogP contribution in [0.3, 0.4) is 0 Å². The van der Waals surface area contributed by atoms with Gasteiger partial charge in [-0.05, 0) is 55.1 Å². The highest BCUT2D eigenvalue weighted by Gasteiger charge is 2.42. The molecule has 4 rings (SSSR count). The van der Waals surface area contributed by atoms with Crippen LogP contribution in [0, 0.1) is 11.8 Å². The van der Waals surface area contributed by atoms with Crippen LogP contribution in [-0.2, 0) is 6.42 Å². The molecular formula is C18H25NO. The van der Waals surface area contributed by atoms with Crippen LogP contribution in [0.4, 0.5) is 0 Å². The van der Waals surface area contributed by atoms with Crippen molar-refractivity contribution < 1.29 is 5.11 Å². The Labute approximate surface area is 121 Å². The molecule has 3 aliphatic rings. The lowest BCUT2D eigenvalue weighted by Crippen LogP contribution is -2.30. The summed E-state index contributed by atoms with van der Waals surface area (Å²) in [6.07, 6.45) is 6.19. The summed E-state index contributed by atoms with van der Waals surface area (Å²) in [6.45, 7) is 3.56. The molecule has 1 N–H and O–H groups in total. The molecule has 108 valence electrons. The van der Waals surface area contributed by atoms with Gasteiger partial charge < -0.3 is 10.0 Å². The maximum absolute atomic E-state index is 10.1. The van der Waals surface area contributed by atoms with Crippen molar-refractivity contribution in [1.29, 1.82) is 0 Å². The third kappa shape index (κ3) is 2.19. The number of hydrogen-bond acceptors (Lipinski definition) is 2. The molecule has 1 saturated carbocycles. The average Bonchev–Trinajstić information content (AvgIpc) is 3.02. The average molecular weight is 271 g/mol. The van der Waals surface area contributed by atoms with Gasteiger partial charge in [-0.2, -0.15) is 0 Å². The predicted octanol–water partition coefficient (Wildman–Crippen LogP) is 2.81. The van der Waals surface area contributed by atoms with Crippen molar-refractivity contribution in [3.05, 3.63) is 35.4 Å². The number of aliphatic hydroxyl groups excluding tert-OH is 1. The number of benzene rings is 1. The molecule has 4 unspecified atom stereocenters. The van der Waals surface area contributed by atoms with Crippen molar-refractivity contribution >= 4 is 0 Å². The predicted molar refractivity (Wildman–Crippen MR) is 80.8 cm³/mol. The summed E-state index contributed by atoms with van der Waals surface area (Å²) < 4.78 is 0. The van der Waals surface area contributed by atoms with E-state index in [2.05, 4.69) is 29.2 Å². The van der Waals surface area contributed by atoms with Crippen LogP contribution in [0.1, 0.15) is 42.7 Å². The van der Waals surface area contributed by atoms with Crippen molar-refractivity contribution in [2.45, 2.75) is 44.1 Å². The number of rotatable bonds is 2. The number of aryl methyl sites for hydroxylation is 1. The largest absolute Gasteiger partial charge is 0.393 e. The Kier molecular flexibility index (Phi) is 3.31. The van der Waals surface area contributed by atoms with E-state index in [0.717, 1.165) is 24.8 Å². The van der Waals surface area contributed by atoms with Crippen molar-refractivity contribution in [3.8, 4) is 0 Å². The number of hydrogen-bond donors (Lipinski definition) is 1. The van der Waals surface area contributed by atoms with Gasteiger partial charge in [-0.25, -0.2) is 0 Å². The first-order chi connectivity index (χ1) is 9.81. The van der Waals surface area contributed by atoms with E-state index in [4.69, 9.17) is 0 Å². The third-order valence-electron chi connectivity index (χ3n) is 5.87. The van der Waals surface area contributed by atoms with Crippen LogP contribution in [0.25, 0.3) is 0 Å². The van der Waals surface area contributed by atoms with Gasteiger partial charge in [-0.3, -0.25) is 0 Å². The first kappa shape index (κ1) is 12.8. The molecule has 0 bridgehead atoms. The van der Waals surface area contributed by atoms with Crippen LogP contribution in [0.15, 0.2) is 24.3 Å². The molecule has 2 heteroatoms. The molecule has 1 aromatic carbocycles. The fourth-order valence-electron chi connectivity index (χ4n) is 4.83. The minimum absolute atomic E-state index is 0.0244. The minimum Gasteiger partial charge on any atom is -0.393 e.